The molecule has 1 aromatic heterocycles. The average molecular weight is 807 g/mol. The van der Waals surface area contributed by atoms with Gasteiger partial charge < -0.3 is 5.32 Å². The summed E-state index contributed by atoms with van der Waals surface area (Å²) >= 11 is 0. The summed E-state index contributed by atoms with van der Waals surface area (Å²) < 4.78 is 0. The molecule has 4 heteroatoms. The molecule has 1 N–H and O–H groups in total. The first-order valence-corrected chi connectivity index (χ1v) is 22.0. The summed E-state index contributed by atoms with van der Waals surface area (Å²) in [6.07, 6.45) is 13.0. The molecule has 0 radical (unpaired) electrons. The van der Waals surface area contributed by atoms with Crippen molar-refractivity contribution in [2.75, 3.05) is 0 Å². The zero-order chi connectivity index (χ0) is 41.8. The highest BCUT2D eigenvalue weighted by molar-refractivity contribution is 6.15. The summed E-state index contributed by atoms with van der Waals surface area (Å²) in [5, 5.41) is 3.72. The number of benzene rings is 7. The van der Waals surface area contributed by atoms with Crippen LogP contribution in [0, 0.1) is 0 Å². The van der Waals surface area contributed by atoms with Crippen molar-refractivity contribution in [3.8, 4) is 67.0 Å². The van der Waals surface area contributed by atoms with Crippen molar-refractivity contribution >= 4 is 11.4 Å². The molecule has 3 atom stereocenters. The Labute approximate surface area is 367 Å². The molecule has 298 valence electrons. The Bertz CT molecular complexity index is 3380. The molecule has 8 aromatic rings. The van der Waals surface area contributed by atoms with E-state index in [2.05, 4.69) is 207 Å². The first kappa shape index (κ1) is 36.0. The summed E-state index contributed by atoms with van der Waals surface area (Å²) in [6, 6.07) is 57.6. The Hall–Kier alpha value is -7.69. The Morgan fingerprint density at radius 1 is 0.492 bits per heavy atom. The number of hydrogen-bond donors (Lipinski definition) is 1. The topological polar surface area (TPSA) is 50.2 Å². The van der Waals surface area contributed by atoms with E-state index in [1.54, 1.807) is 0 Å². The van der Waals surface area contributed by atoms with Gasteiger partial charge in [0.25, 0.3) is 0 Å². The minimum Gasteiger partial charge on any atom is -0.377 e. The molecule has 0 fully saturated rings. The molecule has 0 spiro atoms. The van der Waals surface area contributed by atoms with Crippen molar-refractivity contribution in [3.63, 3.8) is 0 Å². The summed E-state index contributed by atoms with van der Waals surface area (Å²) in [4.78, 5) is 15.8. The van der Waals surface area contributed by atoms with Gasteiger partial charge in [-0.1, -0.05) is 172 Å². The lowest BCUT2D eigenvalue weighted by Gasteiger charge is -2.32. The Morgan fingerprint density at radius 3 is 1.84 bits per heavy atom. The van der Waals surface area contributed by atoms with E-state index in [0.717, 1.165) is 45.2 Å². The van der Waals surface area contributed by atoms with Gasteiger partial charge in [-0.2, -0.15) is 0 Å². The van der Waals surface area contributed by atoms with Crippen LogP contribution in [-0.4, -0.2) is 15.7 Å². The standard InChI is InChI=1S/C59H42N4/c1-59(2)51-31-38(25-27-45(51)46-28-26-40(32-52(46)59)54-34-61-56-48-22-8-4-18-42(48)44-20-6-10-24-50(44)58(56)63-54)36-14-11-13-35(29-36)37-15-12-16-39(30-37)53-33-60-55-47-21-7-3-17-41(47)43-19-5-9-23-49(43)57(55)62-53/h3-34,44,50,55,60H,1-2H3. The molecule has 13 rings (SSSR count). The molecule has 4 aliphatic carbocycles. The maximum atomic E-state index is 5.38. The Kier molecular flexibility index (Phi) is 7.81. The smallest absolute Gasteiger partial charge is 0.0949 e. The molecule has 63 heavy (non-hydrogen) atoms. The van der Waals surface area contributed by atoms with Gasteiger partial charge in [0.15, 0.2) is 0 Å². The third kappa shape index (κ3) is 5.50. The van der Waals surface area contributed by atoms with E-state index in [4.69, 9.17) is 15.0 Å². The Balaban J connectivity index is 0.804. The van der Waals surface area contributed by atoms with Crippen molar-refractivity contribution in [1.29, 1.82) is 0 Å². The SMILES string of the molecule is CC1(C)c2cc(-c3cccc(-c4cccc(C5=CNC6C(=N5)c5ccccc5-c5ccccc56)c4)c3)ccc2-c2ccc(-c3cnc4c(n3)C3C=CC=CC3c3ccccc3-4)cc21. The monoisotopic (exact) mass is 806 g/mol. The fourth-order valence-corrected chi connectivity index (χ4v) is 11.0. The van der Waals surface area contributed by atoms with E-state index in [1.165, 1.54) is 72.3 Å². The van der Waals surface area contributed by atoms with Crippen molar-refractivity contribution in [3.05, 3.63) is 234 Å². The zero-order valence-electron chi connectivity index (χ0n) is 35.0. The first-order valence-electron chi connectivity index (χ1n) is 22.0. The van der Waals surface area contributed by atoms with Gasteiger partial charge in [0.05, 0.1) is 40.7 Å². The molecular weight excluding hydrogens is 765 g/mol. The lowest BCUT2D eigenvalue weighted by molar-refractivity contribution is 0.660. The second kappa shape index (κ2) is 13.7. The molecule has 0 amide bonds. The van der Waals surface area contributed by atoms with Crippen LogP contribution in [0.5, 0.6) is 0 Å². The van der Waals surface area contributed by atoms with Crippen LogP contribution in [0.15, 0.2) is 199 Å². The number of nitrogens with one attached hydrogen (secondary N) is 1. The highest BCUT2D eigenvalue weighted by atomic mass is 15.0. The van der Waals surface area contributed by atoms with E-state index in [9.17, 15) is 0 Å². The number of allylic oxidation sites excluding steroid dienone is 4. The van der Waals surface area contributed by atoms with Gasteiger partial charge in [-0.25, -0.2) is 9.98 Å². The molecule has 4 nitrogen and oxygen atoms in total. The van der Waals surface area contributed by atoms with E-state index in [1.807, 2.05) is 6.20 Å². The van der Waals surface area contributed by atoms with Gasteiger partial charge in [-0.3, -0.25) is 4.98 Å². The second-order valence-electron chi connectivity index (χ2n) is 18.0. The minimum atomic E-state index is -0.200. The van der Waals surface area contributed by atoms with Crippen LogP contribution in [0.3, 0.4) is 0 Å². The van der Waals surface area contributed by atoms with Gasteiger partial charge in [0.1, 0.15) is 0 Å². The number of nitrogens with zero attached hydrogens (tertiary/aromatic N) is 3. The summed E-state index contributed by atoms with van der Waals surface area (Å²) in [7, 11) is 0. The van der Waals surface area contributed by atoms with Crippen LogP contribution in [0.1, 0.15) is 70.8 Å². The zero-order valence-corrected chi connectivity index (χ0v) is 35.0. The third-order valence-electron chi connectivity index (χ3n) is 14.2. The van der Waals surface area contributed by atoms with Crippen molar-refractivity contribution in [2.45, 2.75) is 37.1 Å². The molecule has 1 aliphatic heterocycles. The molecule has 0 saturated heterocycles. The van der Waals surface area contributed by atoms with Crippen LogP contribution in [0.2, 0.25) is 0 Å². The number of rotatable bonds is 4. The number of aromatic nitrogens is 2. The molecule has 7 aromatic carbocycles. The van der Waals surface area contributed by atoms with Crippen LogP contribution in [0.25, 0.3) is 72.7 Å². The molecular formula is C59H42N4. The first-order chi connectivity index (χ1) is 31.0. The molecule has 0 saturated carbocycles. The predicted octanol–water partition coefficient (Wildman–Crippen LogP) is 13.9. The fourth-order valence-electron chi connectivity index (χ4n) is 11.0. The van der Waals surface area contributed by atoms with Crippen LogP contribution >= 0.6 is 0 Å². The second-order valence-corrected chi connectivity index (χ2v) is 18.0. The largest absolute Gasteiger partial charge is 0.377 e. The molecule has 3 unspecified atom stereocenters. The van der Waals surface area contributed by atoms with Crippen molar-refractivity contribution in [1.82, 2.24) is 15.3 Å². The normalized spacial score (nSPS) is 18.8. The predicted molar refractivity (Wildman–Crippen MR) is 257 cm³/mol. The van der Waals surface area contributed by atoms with Crippen LogP contribution in [-0.2, 0) is 5.41 Å². The lowest BCUT2D eigenvalue weighted by atomic mass is 9.73. The van der Waals surface area contributed by atoms with Gasteiger partial charge in [0, 0.05) is 45.7 Å². The summed E-state index contributed by atoms with van der Waals surface area (Å²) in [6.45, 7) is 4.72. The van der Waals surface area contributed by atoms with E-state index >= 15 is 0 Å². The third-order valence-corrected chi connectivity index (χ3v) is 14.2. The maximum absolute atomic E-state index is 5.38. The average Bonchev–Trinajstić information content (AvgIpc) is 3.58. The minimum absolute atomic E-state index is 0.0230. The van der Waals surface area contributed by atoms with Gasteiger partial charge in [-0.05, 0) is 91.0 Å². The van der Waals surface area contributed by atoms with Crippen LogP contribution < -0.4 is 5.32 Å². The number of hydrogen-bond acceptors (Lipinski definition) is 4. The Morgan fingerprint density at radius 2 is 1.08 bits per heavy atom. The summed E-state index contributed by atoms with van der Waals surface area (Å²) in [5.74, 6) is 0.444. The van der Waals surface area contributed by atoms with Crippen LogP contribution in [0.4, 0.5) is 0 Å². The highest BCUT2D eigenvalue weighted by Crippen LogP contribution is 2.52. The fraction of sp³-hybridized carbons (Fsp3) is 0.102. The molecule has 0 bridgehead atoms. The lowest BCUT2D eigenvalue weighted by Crippen LogP contribution is -2.32. The maximum Gasteiger partial charge on any atom is 0.0949 e. The number of aliphatic imine (C=N–C) groups is 1. The van der Waals surface area contributed by atoms with Gasteiger partial charge in [-0.15, -0.1) is 0 Å². The van der Waals surface area contributed by atoms with E-state index in [-0.39, 0.29) is 23.3 Å². The highest BCUT2D eigenvalue weighted by Gasteiger charge is 2.38. The van der Waals surface area contributed by atoms with E-state index < -0.39 is 0 Å². The molecule has 5 aliphatic rings. The molecule has 2 heterocycles. The van der Waals surface area contributed by atoms with Crippen molar-refractivity contribution < 1.29 is 0 Å². The quantitative estimate of drug-likeness (QED) is 0.193. The number of fused-ring (bicyclic) bond motifs is 15. The van der Waals surface area contributed by atoms with Gasteiger partial charge in [0.2, 0.25) is 0 Å². The van der Waals surface area contributed by atoms with E-state index in [0.29, 0.717) is 0 Å². The summed E-state index contributed by atoms with van der Waals surface area (Å²) in [5.41, 5.74) is 24.4. The van der Waals surface area contributed by atoms with Gasteiger partial charge >= 0.3 is 0 Å². The van der Waals surface area contributed by atoms with Crippen molar-refractivity contribution in [2.24, 2.45) is 4.99 Å².